The van der Waals surface area contributed by atoms with Gasteiger partial charge in [0, 0.05) is 39.7 Å². The Balaban J connectivity index is 0.00000288. The summed E-state index contributed by atoms with van der Waals surface area (Å²) in [5, 5.41) is 6.52. The molecule has 0 bridgehead atoms. The van der Waals surface area contributed by atoms with Crippen LogP contribution in [0.4, 0.5) is 5.69 Å². The van der Waals surface area contributed by atoms with E-state index in [0.29, 0.717) is 37.0 Å². The number of halogens is 2. The second-order valence-electron chi connectivity index (χ2n) is 5.39. The Kier molecular flexibility index (Phi) is 9.07. The molecule has 1 atom stereocenters. The molecular weight excluding hydrogens is 353 g/mol. The summed E-state index contributed by atoms with van der Waals surface area (Å²) in [7, 11) is 1.64. The highest BCUT2D eigenvalue weighted by Gasteiger charge is 2.35. The number of hydrogen-bond donors (Lipinski definition) is 2. The molecule has 0 aliphatic carbocycles. The molecule has 1 fully saturated rings. The highest BCUT2D eigenvalue weighted by Crippen LogP contribution is 2.30. The van der Waals surface area contributed by atoms with Crippen LogP contribution in [-0.4, -0.2) is 51.7 Å². The van der Waals surface area contributed by atoms with Crippen molar-refractivity contribution in [3.8, 4) is 0 Å². The fourth-order valence-electron chi connectivity index (χ4n) is 2.50. The number of ether oxygens (including phenoxy) is 1. The van der Waals surface area contributed by atoms with E-state index in [2.05, 4.69) is 10.6 Å². The SMILES string of the molecule is COCCNCCNC(=O)C1CC(=O)N(c2ccccc2Cl)C1.Cl. The van der Waals surface area contributed by atoms with Crippen LogP contribution < -0.4 is 15.5 Å². The summed E-state index contributed by atoms with van der Waals surface area (Å²) in [6.07, 6.45) is 0.216. The Labute approximate surface area is 153 Å². The van der Waals surface area contributed by atoms with Crippen LogP contribution in [0.5, 0.6) is 0 Å². The molecule has 2 rings (SSSR count). The Morgan fingerprint density at radius 3 is 2.79 bits per heavy atom. The Morgan fingerprint density at radius 1 is 1.33 bits per heavy atom. The molecule has 1 unspecified atom stereocenters. The van der Waals surface area contributed by atoms with Crippen molar-refractivity contribution in [3.05, 3.63) is 29.3 Å². The van der Waals surface area contributed by atoms with E-state index < -0.39 is 0 Å². The first-order valence-electron chi connectivity index (χ1n) is 7.65. The largest absolute Gasteiger partial charge is 0.383 e. The predicted octanol–water partition coefficient (Wildman–Crippen LogP) is 1.47. The van der Waals surface area contributed by atoms with Gasteiger partial charge in [0.15, 0.2) is 0 Å². The molecule has 0 spiro atoms. The monoisotopic (exact) mass is 375 g/mol. The van der Waals surface area contributed by atoms with E-state index in [9.17, 15) is 9.59 Å². The van der Waals surface area contributed by atoms with Gasteiger partial charge >= 0.3 is 0 Å². The molecule has 1 aliphatic rings. The van der Waals surface area contributed by atoms with Gasteiger partial charge in [0.25, 0.3) is 0 Å². The maximum absolute atomic E-state index is 12.2. The third-order valence-corrected chi connectivity index (χ3v) is 4.04. The third-order valence-electron chi connectivity index (χ3n) is 3.72. The Hall–Kier alpha value is -1.34. The first-order valence-corrected chi connectivity index (χ1v) is 8.03. The smallest absolute Gasteiger partial charge is 0.227 e. The minimum Gasteiger partial charge on any atom is -0.383 e. The average Bonchev–Trinajstić information content (AvgIpc) is 2.93. The molecule has 1 heterocycles. The summed E-state index contributed by atoms with van der Waals surface area (Å²) in [5.41, 5.74) is 0.663. The van der Waals surface area contributed by atoms with Crippen LogP contribution >= 0.6 is 24.0 Å². The number of anilines is 1. The van der Waals surface area contributed by atoms with Crippen LogP contribution in [0.15, 0.2) is 24.3 Å². The van der Waals surface area contributed by atoms with Crippen molar-refractivity contribution in [2.24, 2.45) is 5.92 Å². The van der Waals surface area contributed by atoms with Gasteiger partial charge in [-0.3, -0.25) is 9.59 Å². The summed E-state index contributed by atoms with van der Waals surface area (Å²) in [5.74, 6) is -0.504. The minimum absolute atomic E-state index is 0. The van der Waals surface area contributed by atoms with Gasteiger partial charge < -0.3 is 20.3 Å². The molecule has 24 heavy (non-hydrogen) atoms. The first-order chi connectivity index (χ1) is 11.1. The van der Waals surface area contributed by atoms with Crippen molar-refractivity contribution in [3.63, 3.8) is 0 Å². The molecule has 1 aromatic carbocycles. The first kappa shape index (κ1) is 20.7. The van der Waals surface area contributed by atoms with Crippen molar-refractivity contribution in [1.82, 2.24) is 10.6 Å². The molecule has 0 saturated carbocycles. The highest BCUT2D eigenvalue weighted by molar-refractivity contribution is 6.33. The van der Waals surface area contributed by atoms with Gasteiger partial charge in [-0.1, -0.05) is 23.7 Å². The van der Waals surface area contributed by atoms with Gasteiger partial charge in [0.1, 0.15) is 0 Å². The molecule has 2 amide bonds. The zero-order valence-electron chi connectivity index (χ0n) is 13.6. The number of carbonyl (C=O) groups is 2. The molecule has 1 saturated heterocycles. The maximum Gasteiger partial charge on any atom is 0.227 e. The van der Waals surface area contributed by atoms with E-state index in [0.717, 1.165) is 6.54 Å². The van der Waals surface area contributed by atoms with Crippen LogP contribution in [0.1, 0.15) is 6.42 Å². The van der Waals surface area contributed by atoms with E-state index in [1.54, 1.807) is 24.1 Å². The van der Waals surface area contributed by atoms with E-state index in [4.69, 9.17) is 16.3 Å². The topological polar surface area (TPSA) is 70.7 Å². The zero-order valence-corrected chi connectivity index (χ0v) is 15.2. The van der Waals surface area contributed by atoms with Gasteiger partial charge in [0.2, 0.25) is 11.8 Å². The summed E-state index contributed by atoms with van der Waals surface area (Å²) >= 11 is 6.13. The lowest BCUT2D eigenvalue weighted by atomic mass is 10.1. The number of methoxy groups -OCH3 is 1. The Bertz CT molecular complexity index is 557. The number of carbonyl (C=O) groups excluding carboxylic acids is 2. The van der Waals surface area contributed by atoms with E-state index >= 15 is 0 Å². The van der Waals surface area contributed by atoms with Crippen LogP contribution in [0.2, 0.25) is 5.02 Å². The quantitative estimate of drug-likeness (QED) is 0.674. The van der Waals surface area contributed by atoms with Gasteiger partial charge in [-0.2, -0.15) is 0 Å². The van der Waals surface area contributed by atoms with Crippen molar-refractivity contribution < 1.29 is 14.3 Å². The van der Waals surface area contributed by atoms with E-state index in [1.165, 1.54) is 0 Å². The van der Waals surface area contributed by atoms with Crippen LogP contribution in [0.3, 0.4) is 0 Å². The van der Waals surface area contributed by atoms with E-state index in [-0.39, 0.29) is 36.6 Å². The molecule has 6 nitrogen and oxygen atoms in total. The normalized spacial score (nSPS) is 16.8. The van der Waals surface area contributed by atoms with Crippen molar-refractivity contribution >= 4 is 41.5 Å². The number of benzene rings is 1. The van der Waals surface area contributed by atoms with Gasteiger partial charge in [0.05, 0.1) is 23.2 Å². The maximum atomic E-state index is 12.2. The lowest BCUT2D eigenvalue weighted by molar-refractivity contribution is -0.126. The molecule has 0 aromatic heterocycles. The van der Waals surface area contributed by atoms with E-state index in [1.807, 2.05) is 12.1 Å². The van der Waals surface area contributed by atoms with Gasteiger partial charge in [-0.15, -0.1) is 12.4 Å². The van der Waals surface area contributed by atoms with Crippen LogP contribution in [0, 0.1) is 5.92 Å². The summed E-state index contributed by atoms with van der Waals surface area (Å²) < 4.78 is 4.92. The molecule has 2 N–H and O–H groups in total. The van der Waals surface area contributed by atoms with Crippen molar-refractivity contribution in [2.45, 2.75) is 6.42 Å². The second-order valence-corrected chi connectivity index (χ2v) is 5.80. The zero-order chi connectivity index (χ0) is 16.7. The number of para-hydroxylation sites is 1. The fraction of sp³-hybridized carbons (Fsp3) is 0.500. The van der Waals surface area contributed by atoms with Crippen LogP contribution in [0.25, 0.3) is 0 Å². The predicted molar refractivity (Wildman–Crippen MR) is 96.9 cm³/mol. The number of nitrogens with zero attached hydrogens (tertiary/aromatic N) is 1. The standard InChI is InChI=1S/C16H22ClN3O3.ClH/c1-23-9-8-18-6-7-19-16(22)12-10-15(21)20(11-12)14-5-3-2-4-13(14)17;/h2-5,12,18H,6-11H2,1H3,(H,19,22);1H. The van der Waals surface area contributed by atoms with Crippen molar-refractivity contribution in [2.75, 3.05) is 44.8 Å². The lowest BCUT2D eigenvalue weighted by Crippen LogP contribution is -2.37. The third kappa shape index (κ3) is 5.63. The van der Waals surface area contributed by atoms with Gasteiger partial charge in [-0.05, 0) is 12.1 Å². The number of rotatable bonds is 8. The summed E-state index contributed by atoms with van der Waals surface area (Å²) in [6.45, 7) is 2.95. The average molecular weight is 376 g/mol. The second kappa shape index (κ2) is 10.5. The number of amides is 2. The molecule has 1 aromatic rings. The highest BCUT2D eigenvalue weighted by atomic mass is 35.5. The summed E-state index contributed by atoms with van der Waals surface area (Å²) in [4.78, 5) is 25.9. The van der Waals surface area contributed by atoms with Crippen molar-refractivity contribution in [1.29, 1.82) is 0 Å². The lowest BCUT2D eigenvalue weighted by Gasteiger charge is -2.18. The molecular formula is C16H23Cl2N3O3. The molecule has 8 heteroatoms. The fourth-order valence-corrected chi connectivity index (χ4v) is 2.74. The molecule has 134 valence electrons. The minimum atomic E-state index is -0.335. The summed E-state index contributed by atoms with van der Waals surface area (Å²) in [6, 6.07) is 7.17. The molecule has 0 radical (unpaired) electrons. The Morgan fingerprint density at radius 2 is 2.08 bits per heavy atom. The number of nitrogens with one attached hydrogen (secondary N) is 2. The number of hydrogen-bond acceptors (Lipinski definition) is 4. The van der Waals surface area contributed by atoms with Gasteiger partial charge in [-0.25, -0.2) is 0 Å². The van der Waals surface area contributed by atoms with Crippen LogP contribution in [-0.2, 0) is 14.3 Å². The molecule has 1 aliphatic heterocycles.